The van der Waals surface area contributed by atoms with Crippen LogP contribution in [0.25, 0.3) is 11.1 Å². The summed E-state index contributed by atoms with van der Waals surface area (Å²) in [5.41, 5.74) is 1.02. The number of hydrogen-bond donors (Lipinski definition) is 2. The first-order valence-electron chi connectivity index (χ1n) is 9.57. The Morgan fingerprint density at radius 2 is 1.83 bits per heavy atom. The van der Waals surface area contributed by atoms with Gasteiger partial charge in [0.15, 0.2) is 11.6 Å². The number of aromatic nitrogens is 3. The highest BCUT2D eigenvalue weighted by Crippen LogP contribution is 2.24. The highest BCUT2D eigenvalue weighted by atomic mass is 19.1. The maximum Gasteiger partial charge on any atom is 0.271 e. The lowest BCUT2D eigenvalue weighted by Crippen LogP contribution is -2.46. The normalized spacial score (nSPS) is 19.0. The predicted molar refractivity (Wildman–Crippen MR) is 110 cm³/mol. The summed E-state index contributed by atoms with van der Waals surface area (Å²) in [6.45, 7) is 5.06. The summed E-state index contributed by atoms with van der Waals surface area (Å²) in [6.07, 6.45) is 2.58. The van der Waals surface area contributed by atoms with E-state index in [0.29, 0.717) is 30.2 Å². The van der Waals surface area contributed by atoms with E-state index in [1.165, 1.54) is 18.3 Å². The van der Waals surface area contributed by atoms with Crippen molar-refractivity contribution in [2.75, 3.05) is 23.3 Å². The molecular formula is C21H21F2N5O2. The molecule has 2 N–H and O–H groups in total. The fourth-order valence-corrected chi connectivity index (χ4v) is 3.45. The zero-order chi connectivity index (χ0) is 21.3. The number of nitrogens with one attached hydrogen (secondary N) is 2. The van der Waals surface area contributed by atoms with Gasteiger partial charge in [-0.25, -0.2) is 13.8 Å². The molecule has 0 amide bonds. The Balaban J connectivity index is 1.63. The second-order valence-corrected chi connectivity index (χ2v) is 7.29. The van der Waals surface area contributed by atoms with Crippen molar-refractivity contribution in [3.8, 4) is 11.1 Å². The third kappa shape index (κ3) is 4.30. The fourth-order valence-electron chi connectivity index (χ4n) is 3.45. The van der Waals surface area contributed by atoms with E-state index >= 15 is 0 Å². The molecule has 2 atom stereocenters. The Labute approximate surface area is 171 Å². The van der Waals surface area contributed by atoms with Crippen LogP contribution >= 0.6 is 0 Å². The van der Waals surface area contributed by atoms with E-state index in [1.807, 2.05) is 18.7 Å². The van der Waals surface area contributed by atoms with Crippen LogP contribution in [0.3, 0.4) is 0 Å². The minimum Gasteiger partial charge on any atom is -0.372 e. The van der Waals surface area contributed by atoms with E-state index in [-0.39, 0.29) is 29.5 Å². The number of benzene rings is 1. The minimum absolute atomic E-state index is 0.00551. The molecule has 0 radical (unpaired) electrons. The second-order valence-electron chi connectivity index (χ2n) is 7.29. The number of hydrogen-bond acceptors (Lipinski definition) is 6. The average Bonchev–Trinajstić information content (AvgIpc) is 2.71. The summed E-state index contributed by atoms with van der Waals surface area (Å²) < 4.78 is 33.3. The number of ether oxygens (including phenoxy) is 1. The van der Waals surface area contributed by atoms with Crippen molar-refractivity contribution in [2.24, 2.45) is 0 Å². The molecule has 1 aliphatic heterocycles. The van der Waals surface area contributed by atoms with E-state index in [0.717, 1.165) is 6.20 Å². The Kier molecular flexibility index (Phi) is 5.45. The lowest BCUT2D eigenvalue weighted by Gasteiger charge is -2.35. The number of H-pyrrole nitrogens is 1. The topological polar surface area (TPSA) is 83.1 Å². The third-order valence-corrected chi connectivity index (χ3v) is 4.77. The average molecular weight is 413 g/mol. The molecule has 0 spiro atoms. The SMILES string of the molecule is C[C@@H]1CN(c2ncc(F)c(Nc3cc(-c4ccc(F)cc4)c[nH]c3=O)n2)C[C@H](C)O1. The molecule has 0 saturated carbocycles. The van der Waals surface area contributed by atoms with Crippen LogP contribution in [0, 0.1) is 11.6 Å². The molecule has 3 aromatic rings. The zero-order valence-electron chi connectivity index (χ0n) is 16.5. The number of pyridine rings is 1. The fraction of sp³-hybridized carbons (Fsp3) is 0.286. The smallest absolute Gasteiger partial charge is 0.271 e. The first-order chi connectivity index (χ1) is 14.4. The number of halogens is 2. The molecule has 1 saturated heterocycles. The van der Waals surface area contributed by atoms with Crippen molar-refractivity contribution in [3.05, 3.63) is 64.7 Å². The van der Waals surface area contributed by atoms with E-state index in [2.05, 4.69) is 20.3 Å². The van der Waals surface area contributed by atoms with Gasteiger partial charge in [-0.2, -0.15) is 4.98 Å². The monoisotopic (exact) mass is 413 g/mol. The van der Waals surface area contributed by atoms with Gasteiger partial charge in [0, 0.05) is 24.8 Å². The largest absolute Gasteiger partial charge is 0.372 e. The number of aromatic amines is 1. The number of anilines is 3. The molecule has 1 fully saturated rings. The van der Waals surface area contributed by atoms with Crippen LogP contribution in [0.4, 0.5) is 26.2 Å². The van der Waals surface area contributed by atoms with Crippen molar-refractivity contribution in [3.63, 3.8) is 0 Å². The van der Waals surface area contributed by atoms with Gasteiger partial charge in [-0.05, 0) is 37.6 Å². The molecule has 30 heavy (non-hydrogen) atoms. The van der Waals surface area contributed by atoms with Crippen molar-refractivity contribution in [2.45, 2.75) is 26.1 Å². The minimum atomic E-state index is -0.681. The molecule has 3 heterocycles. The number of nitrogens with zero attached hydrogens (tertiary/aromatic N) is 3. The van der Waals surface area contributed by atoms with E-state index < -0.39 is 11.4 Å². The molecule has 0 unspecified atom stereocenters. The van der Waals surface area contributed by atoms with E-state index in [4.69, 9.17) is 4.74 Å². The van der Waals surface area contributed by atoms with Gasteiger partial charge in [0.25, 0.3) is 5.56 Å². The molecule has 0 aliphatic carbocycles. The summed E-state index contributed by atoms with van der Waals surface area (Å²) in [4.78, 5) is 25.2. The molecule has 4 rings (SSSR count). The van der Waals surface area contributed by atoms with Crippen molar-refractivity contribution in [1.29, 1.82) is 0 Å². The first kappa shape index (κ1) is 20.0. The first-order valence-corrected chi connectivity index (χ1v) is 9.57. The van der Waals surface area contributed by atoms with Gasteiger partial charge in [-0.3, -0.25) is 4.79 Å². The lowest BCUT2D eigenvalue weighted by molar-refractivity contribution is -0.00572. The van der Waals surface area contributed by atoms with Crippen LogP contribution in [0.1, 0.15) is 13.8 Å². The maximum absolute atomic E-state index is 14.4. The van der Waals surface area contributed by atoms with Crippen molar-refractivity contribution < 1.29 is 13.5 Å². The highest BCUT2D eigenvalue weighted by Gasteiger charge is 2.25. The molecule has 9 heteroatoms. The molecular weight excluding hydrogens is 392 g/mol. The summed E-state index contributed by atoms with van der Waals surface area (Å²) in [5.74, 6) is -0.788. The van der Waals surface area contributed by atoms with Gasteiger partial charge in [-0.15, -0.1) is 0 Å². The standard InChI is InChI=1S/C21H21F2N5O2/c1-12-10-28(11-13(2)30-12)21-25-9-17(23)19(27-21)26-18-7-15(8-24-20(18)29)14-3-5-16(22)6-4-14/h3-9,12-13H,10-11H2,1-2H3,(H,24,29)(H,25,26,27)/t12-,13+. The number of morpholine rings is 1. The van der Waals surface area contributed by atoms with Crippen LogP contribution in [-0.2, 0) is 4.74 Å². The van der Waals surface area contributed by atoms with Crippen LogP contribution in [0.15, 0.2) is 47.5 Å². The van der Waals surface area contributed by atoms with Crippen LogP contribution in [0.5, 0.6) is 0 Å². The van der Waals surface area contributed by atoms with E-state index in [9.17, 15) is 13.6 Å². The van der Waals surface area contributed by atoms with Gasteiger partial charge >= 0.3 is 0 Å². The van der Waals surface area contributed by atoms with Crippen LogP contribution in [-0.4, -0.2) is 40.2 Å². The van der Waals surface area contributed by atoms with Crippen LogP contribution in [0.2, 0.25) is 0 Å². The summed E-state index contributed by atoms with van der Waals surface area (Å²) in [5, 5.41) is 2.76. The van der Waals surface area contributed by atoms with Crippen molar-refractivity contribution >= 4 is 17.5 Å². The molecule has 1 aliphatic rings. The van der Waals surface area contributed by atoms with Crippen LogP contribution < -0.4 is 15.8 Å². The summed E-state index contributed by atoms with van der Waals surface area (Å²) in [6, 6.07) is 7.41. The molecule has 1 aromatic carbocycles. The van der Waals surface area contributed by atoms with Gasteiger partial charge < -0.3 is 19.9 Å². The zero-order valence-corrected chi connectivity index (χ0v) is 16.5. The maximum atomic E-state index is 14.4. The molecule has 156 valence electrons. The van der Waals surface area contributed by atoms with Gasteiger partial charge in [-0.1, -0.05) is 12.1 Å². The third-order valence-electron chi connectivity index (χ3n) is 4.77. The summed E-state index contributed by atoms with van der Waals surface area (Å²) >= 11 is 0. The Hall–Kier alpha value is -3.33. The Morgan fingerprint density at radius 1 is 1.13 bits per heavy atom. The van der Waals surface area contributed by atoms with Crippen molar-refractivity contribution in [1.82, 2.24) is 15.0 Å². The van der Waals surface area contributed by atoms with E-state index in [1.54, 1.807) is 18.2 Å². The quantitative estimate of drug-likeness (QED) is 0.682. The van der Waals surface area contributed by atoms with Gasteiger partial charge in [0.2, 0.25) is 5.95 Å². The molecule has 2 aromatic heterocycles. The Bertz CT molecular complexity index is 1090. The highest BCUT2D eigenvalue weighted by molar-refractivity contribution is 5.68. The second kappa shape index (κ2) is 8.19. The van der Waals surface area contributed by atoms with Gasteiger partial charge in [0.05, 0.1) is 18.4 Å². The predicted octanol–water partition coefficient (Wildman–Crippen LogP) is 3.47. The molecule has 7 nitrogen and oxygen atoms in total. The number of rotatable bonds is 4. The summed E-state index contributed by atoms with van der Waals surface area (Å²) in [7, 11) is 0. The molecule has 0 bridgehead atoms. The Morgan fingerprint density at radius 3 is 2.53 bits per heavy atom. The van der Waals surface area contributed by atoms with Gasteiger partial charge in [0.1, 0.15) is 11.5 Å². The lowest BCUT2D eigenvalue weighted by atomic mass is 10.1.